The van der Waals surface area contributed by atoms with E-state index in [1.165, 1.54) is 0 Å². The summed E-state index contributed by atoms with van der Waals surface area (Å²) in [7, 11) is 0. The number of rotatable bonds is 9. The first-order valence-electron chi connectivity index (χ1n) is 8.30. The molecule has 2 N–H and O–H groups in total. The predicted molar refractivity (Wildman–Crippen MR) is 110 cm³/mol. The van der Waals surface area contributed by atoms with Gasteiger partial charge in [-0.25, -0.2) is 0 Å². The molecule has 0 aromatic heterocycles. The molecule has 2 aromatic carbocycles. The zero-order chi connectivity index (χ0) is 20.0. The number of carbonyl (C=O) groups is 1. The number of aliphatic carboxylic acids is 1. The van der Waals surface area contributed by atoms with Crippen molar-refractivity contribution in [1.29, 1.82) is 0 Å². The van der Waals surface area contributed by atoms with Crippen molar-refractivity contribution in [3.05, 3.63) is 56.0 Å². The molecular formula is C19H20BrCl2NO4. The molecule has 0 radical (unpaired) electrons. The lowest BCUT2D eigenvalue weighted by Crippen LogP contribution is -2.33. The first kappa shape index (κ1) is 21.8. The second kappa shape index (κ2) is 10.2. The number of nitrogens with one attached hydrogen (secondary N) is 1. The van der Waals surface area contributed by atoms with Gasteiger partial charge in [-0.2, -0.15) is 0 Å². The smallest absolute Gasteiger partial charge is 0.320 e. The monoisotopic (exact) mass is 475 g/mol. The van der Waals surface area contributed by atoms with E-state index in [1.807, 2.05) is 25.1 Å². The predicted octanol–water partition coefficient (Wildman–Crippen LogP) is 5.30. The van der Waals surface area contributed by atoms with Gasteiger partial charge in [-0.15, -0.1) is 0 Å². The number of hydrogen-bond acceptors (Lipinski definition) is 4. The maximum Gasteiger partial charge on any atom is 0.320 e. The van der Waals surface area contributed by atoms with E-state index in [9.17, 15) is 4.79 Å². The molecule has 0 saturated carbocycles. The maximum atomic E-state index is 11.0. The summed E-state index contributed by atoms with van der Waals surface area (Å²) in [6, 6.07) is 8.31. The van der Waals surface area contributed by atoms with Crippen molar-refractivity contribution >= 4 is 45.1 Å². The van der Waals surface area contributed by atoms with Crippen LogP contribution < -0.4 is 14.8 Å². The minimum Gasteiger partial charge on any atom is -0.490 e. The van der Waals surface area contributed by atoms with E-state index >= 15 is 0 Å². The minimum atomic E-state index is -0.905. The van der Waals surface area contributed by atoms with E-state index in [-0.39, 0.29) is 0 Å². The second-order valence-corrected chi connectivity index (χ2v) is 7.47. The summed E-state index contributed by atoms with van der Waals surface area (Å²) < 4.78 is 12.4. The molecule has 0 aliphatic rings. The van der Waals surface area contributed by atoms with Gasteiger partial charge in [0.2, 0.25) is 0 Å². The second-order valence-electron chi connectivity index (χ2n) is 5.80. The van der Waals surface area contributed by atoms with Gasteiger partial charge in [-0.1, -0.05) is 45.2 Å². The Hall–Kier alpha value is -1.47. The summed E-state index contributed by atoms with van der Waals surface area (Å²) in [6.07, 6.45) is 0. The molecule has 0 fully saturated rings. The van der Waals surface area contributed by atoms with Gasteiger partial charge in [0.05, 0.1) is 16.7 Å². The number of hydrogen-bond donors (Lipinski definition) is 2. The van der Waals surface area contributed by atoms with Gasteiger partial charge in [-0.3, -0.25) is 4.79 Å². The summed E-state index contributed by atoms with van der Waals surface area (Å²) in [4.78, 5) is 11.0. The lowest BCUT2D eigenvalue weighted by molar-refractivity contribution is -0.139. The topological polar surface area (TPSA) is 67.8 Å². The molecule has 27 heavy (non-hydrogen) atoms. The number of carboxylic acids is 1. The lowest BCUT2D eigenvalue weighted by Gasteiger charge is -2.16. The van der Waals surface area contributed by atoms with Crippen LogP contribution in [0.25, 0.3) is 0 Å². The van der Waals surface area contributed by atoms with Crippen LogP contribution in [-0.4, -0.2) is 23.7 Å². The summed E-state index contributed by atoms with van der Waals surface area (Å²) >= 11 is 15.5. The Bertz CT molecular complexity index is 817. The molecule has 2 rings (SSSR count). The summed E-state index contributed by atoms with van der Waals surface area (Å²) in [5.41, 5.74) is 1.75. The van der Waals surface area contributed by atoms with E-state index in [1.54, 1.807) is 19.1 Å². The van der Waals surface area contributed by atoms with E-state index < -0.39 is 12.0 Å². The molecule has 5 nitrogen and oxygen atoms in total. The largest absolute Gasteiger partial charge is 0.490 e. The van der Waals surface area contributed by atoms with Crippen LogP contribution >= 0.6 is 39.1 Å². The highest BCUT2D eigenvalue weighted by Crippen LogP contribution is 2.35. The van der Waals surface area contributed by atoms with Gasteiger partial charge in [0.25, 0.3) is 0 Å². The maximum absolute atomic E-state index is 11.0. The molecule has 8 heteroatoms. The third-order valence-corrected chi connectivity index (χ3v) is 5.24. The van der Waals surface area contributed by atoms with Crippen LogP contribution in [-0.2, 0) is 17.9 Å². The Morgan fingerprint density at radius 3 is 2.52 bits per heavy atom. The van der Waals surface area contributed by atoms with E-state index in [0.29, 0.717) is 41.3 Å². The molecule has 0 aliphatic heterocycles. The van der Waals surface area contributed by atoms with Crippen molar-refractivity contribution < 1.29 is 19.4 Å². The van der Waals surface area contributed by atoms with Crippen molar-refractivity contribution in [1.82, 2.24) is 5.32 Å². The van der Waals surface area contributed by atoms with Crippen molar-refractivity contribution in [3.8, 4) is 11.5 Å². The Morgan fingerprint density at radius 1 is 1.19 bits per heavy atom. The van der Waals surface area contributed by atoms with Crippen molar-refractivity contribution in [3.63, 3.8) is 0 Å². The average molecular weight is 477 g/mol. The van der Waals surface area contributed by atoms with Crippen molar-refractivity contribution in [2.75, 3.05) is 6.61 Å². The molecule has 0 aliphatic carbocycles. The van der Waals surface area contributed by atoms with Gasteiger partial charge in [-0.05, 0) is 49.2 Å². The van der Waals surface area contributed by atoms with Crippen molar-refractivity contribution in [2.45, 2.75) is 33.0 Å². The first-order valence-corrected chi connectivity index (χ1v) is 9.84. The fourth-order valence-corrected chi connectivity index (χ4v) is 3.02. The number of halogens is 3. The van der Waals surface area contributed by atoms with Crippen LogP contribution in [0.5, 0.6) is 11.5 Å². The van der Waals surface area contributed by atoms with Gasteiger partial charge >= 0.3 is 5.97 Å². The lowest BCUT2D eigenvalue weighted by atomic mass is 10.2. The average Bonchev–Trinajstić information content (AvgIpc) is 2.63. The van der Waals surface area contributed by atoms with Crippen LogP contribution in [0, 0.1) is 0 Å². The summed E-state index contributed by atoms with van der Waals surface area (Å²) in [6.45, 7) is 4.63. The number of ether oxygens (including phenoxy) is 2. The Kier molecular flexibility index (Phi) is 8.23. The van der Waals surface area contributed by atoms with Crippen molar-refractivity contribution in [2.24, 2.45) is 0 Å². The van der Waals surface area contributed by atoms with Gasteiger partial charge in [0.15, 0.2) is 11.5 Å². The molecule has 2 aromatic rings. The quantitative estimate of drug-likeness (QED) is 0.514. The van der Waals surface area contributed by atoms with Gasteiger partial charge in [0.1, 0.15) is 12.6 Å². The van der Waals surface area contributed by atoms with Gasteiger partial charge < -0.3 is 19.9 Å². The summed E-state index contributed by atoms with van der Waals surface area (Å²) in [5, 5.41) is 12.9. The van der Waals surface area contributed by atoms with Crippen LogP contribution in [0.15, 0.2) is 34.8 Å². The molecule has 1 atom stereocenters. The summed E-state index contributed by atoms with van der Waals surface area (Å²) in [5.74, 6) is 0.253. The standard InChI is InChI=1S/C19H20BrCl2NO4/c1-3-26-17-7-13(9-23-11(2)19(24)25)14(20)8-18(17)27-10-12-4-5-15(21)16(22)6-12/h4-8,11,23H,3,9-10H2,1-2H3,(H,24,25). The Balaban J connectivity index is 2.16. The SMILES string of the molecule is CCOc1cc(CNC(C)C(=O)O)c(Br)cc1OCc1ccc(Cl)c(Cl)c1. The Labute approximate surface area is 176 Å². The number of carboxylic acid groups (broad SMARTS) is 1. The molecule has 1 unspecified atom stereocenters. The third kappa shape index (κ3) is 6.28. The highest BCUT2D eigenvalue weighted by atomic mass is 79.9. The molecular weight excluding hydrogens is 457 g/mol. The van der Waals surface area contributed by atoms with E-state index in [0.717, 1.165) is 15.6 Å². The van der Waals surface area contributed by atoms with Crippen LogP contribution in [0.2, 0.25) is 10.0 Å². The first-order chi connectivity index (χ1) is 12.8. The third-order valence-electron chi connectivity index (χ3n) is 3.76. The minimum absolute atomic E-state index is 0.303. The molecule has 0 spiro atoms. The van der Waals surface area contributed by atoms with E-state index in [2.05, 4.69) is 21.2 Å². The normalized spacial score (nSPS) is 11.9. The van der Waals surface area contributed by atoms with Crippen LogP contribution in [0.1, 0.15) is 25.0 Å². The van der Waals surface area contributed by atoms with Crippen LogP contribution in [0.3, 0.4) is 0 Å². The Morgan fingerprint density at radius 2 is 1.89 bits per heavy atom. The highest BCUT2D eigenvalue weighted by Gasteiger charge is 2.14. The zero-order valence-corrected chi connectivity index (χ0v) is 18.0. The zero-order valence-electron chi connectivity index (χ0n) is 14.9. The number of benzene rings is 2. The molecule has 146 valence electrons. The fraction of sp³-hybridized carbons (Fsp3) is 0.316. The van der Waals surface area contributed by atoms with E-state index in [4.69, 9.17) is 37.8 Å². The molecule has 0 saturated heterocycles. The molecule has 0 bridgehead atoms. The van der Waals surface area contributed by atoms with Gasteiger partial charge in [0, 0.05) is 11.0 Å². The molecule has 0 heterocycles. The molecule has 0 amide bonds. The van der Waals surface area contributed by atoms with Crippen LogP contribution in [0.4, 0.5) is 0 Å². The fourth-order valence-electron chi connectivity index (χ4n) is 2.23. The highest BCUT2D eigenvalue weighted by molar-refractivity contribution is 9.10.